The van der Waals surface area contributed by atoms with Gasteiger partial charge in [-0.1, -0.05) is 28.1 Å². The topological polar surface area (TPSA) is 81.4 Å². The summed E-state index contributed by atoms with van der Waals surface area (Å²) in [5.74, 6) is 0.452. The number of ether oxygens (including phenoxy) is 1. The lowest BCUT2D eigenvalue weighted by Gasteiger charge is -2.10. The van der Waals surface area contributed by atoms with E-state index in [0.717, 1.165) is 10.0 Å². The zero-order chi connectivity index (χ0) is 15.5. The second-order valence-corrected chi connectivity index (χ2v) is 7.12. The van der Waals surface area contributed by atoms with Gasteiger partial charge in [0.05, 0.1) is 10.6 Å². The highest BCUT2D eigenvalue weighted by molar-refractivity contribution is 9.10. The zero-order valence-corrected chi connectivity index (χ0v) is 13.7. The Morgan fingerprint density at radius 3 is 2.43 bits per heavy atom. The van der Waals surface area contributed by atoms with Crippen molar-refractivity contribution in [2.75, 3.05) is 12.8 Å². The Bertz CT molecular complexity index is 730. The summed E-state index contributed by atoms with van der Waals surface area (Å²) < 4.78 is 32.2. The Morgan fingerprint density at radius 1 is 1.19 bits per heavy atom. The van der Waals surface area contributed by atoms with Gasteiger partial charge in [-0.05, 0) is 42.9 Å². The van der Waals surface area contributed by atoms with Crippen molar-refractivity contribution in [3.63, 3.8) is 0 Å². The van der Waals surface area contributed by atoms with E-state index >= 15 is 0 Å². The van der Waals surface area contributed by atoms with Gasteiger partial charge in [-0.2, -0.15) is 0 Å². The van der Waals surface area contributed by atoms with Gasteiger partial charge >= 0.3 is 0 Å². The first-order valence-corrected chi connectivity index (χ1v) is 8.40. The third-order valence-corrected chi connectivity index (χ3v) is 4.81. The molecule has 7 heteroatoms. The van der Waals surface area contributed by atoms with Gasteiger partial charge in [-0.3, -0.25) is 0 Å². The van der Waals surface area contributed by atoms with E-state index in [1.54, 1.807) is 6.07 Å². The molecule has 0 aliphatic heterocycles. The Balaban J connectivity index is 2.13. The van der Waals surface area contributed by atoms with Crippen LogP contribution < -0.4 is 15.2 Å². The predicted molar refractivity (Wildman–Crippen MR) is 85.6 cm³/mol. The summed E-state index contributed by atoms with van der Waals surface area (Å²) in [5, 5.41) is 0. The van der Waals surface area contributed by atoms with Crippen LogP contribution in [0.3, 0.4) is 0 Å². The molecule has 0 spiro atoms. The zero-order valence-electron chi connectivity index (χ0n) is 11.3. The Hall–Kier alpha value is -1.57. The Morgan fingerprint density at radius 2 is 1.86 bits per heavy atom. The van der Waals surface area contributed by atoms with E-state index in [-0.39, 0.29) is 10.6 Å². The maximum atomic E-state index is 11.7. The molecule has 0 atom stereocenters. The molecule has 0 unspecified atom stereocenters. The number of nitrogens with one attached hydrogen (secondary N) is 1. The summed E-state index contributed by atoms with van der Waals surface area (Å²) in [7, 11) is -2.15. The molecule has 0 radical (unpaired) electrons. The van der Waals surface area contributed by atoms with Crippen molar-refractivity contribution in [2.24, 2.45) is 0 Å². The van der Waals surface area contributed by atoms with Crippen molar-refractivity contribution in [1.29, 1.82) is 0 Å². The smallest absolute Gasteiger partial charge is 0.240 e. The van der Waals surface area contributed by atoms with Crippen LogP contribution in [0.2, 0.25) is 0 Å². The van der Waals surface area contributed by atoms with Crippen molar-refractivity contribution in [2.45, 2.75) is 11.5 Å². The molecule has 21 heavy (non-hydrogen) atoms. The van der Waals surface area contributed by atoms with Crippen LogP contribution in [-0.4, -0.2) is 15.5 Å². The molecule has 0 amide bonds. The van der Waals surface area contributed by atoms with E-state index in [0.29, 0.717) is 12.4 Å². The first kappa shape index (κ1) is 15.8. The van der Waals surface area contributed by atoms with Gasteiger partial charge < -0.3 is 10.5 Å². The standard InChI is InChI=1S/C14H15BrN2O3S/c1-17-21(18,19)12-6-7-14(13(16)8-12)20-9-10-2-4-11(15)5-3-10/h2-8,17H,9,16H2,1H3. The molecule has 2 aromatic rings. The lowest BCUT2D eigenvalue weighted by atomic mass is 10.2. The minimum Gasteiger partial charge on any atom is -0.487 e. The molecule has 0 aromatic heterocycles. The van der Waals surface area contributed by atoms with Crippen LogP contribution in [0.15, 0.2) is 51.8 Å². The monoisotopic (exact) mass is 370 g/mol. The van der Waals surface area contributed by atoms with Crippen LogP contribution in [0.1, 0.15) is 5.56 Å². The number of benzene rings is 2. The molecule has 0 saturated carbocycles. The summed E-state index contributed by atoms with van der Waals surface area (Å²) in [6, 6.07) is 12.1. The van der Waals surface area contributed by atoms with Crippen LogP contribution >= 0.6 is 15.9 Å². The molecule has 2 aromatic carbocycles. The quantitative estimate of drug-likeness (QED) is 0.792. The molecule has 3 N–H and O–H groups in total. The molecular weight excluding hydrogens is 356 g/mol. The molecular formula is C14H15BrN2O3S. The summed E-state index contributed by atoms with van der Waals surface area (Å²) in [4.78, 5) is 0.110. The molecule has 0 aliphatic rings. The van der Waals surface area contributed by atoms with E-state index in [9.17, 15) is 8.42 Å². The second-order valence-electron chi connectivity index (χ2n) is 4.32. The number of rotatable bonds is 5. The maximum Gasteiger partial charge on any atom is 0.240 e. The van der Waals surface area contributed by atoms with Gasteiger partial charge in [0.2, 0.25) is 10.0 Å². The third-order valence-electron chi connectivity index (χ3n) is 2.87. The molecule has 0 aliphatic carbocycles. The summed E-state index contributed by atoms with van der Waals surface area (Å²) in [6.07, 6.45) is 0. The van der Waals surface area contributed by atoms with Crippen LogP contribution in [0.5, 0.6) is 5.75 Å². The summed E-state index contributed by atoms with van der Waals surface area (Å²) in [6.45, 7) is 0.357. The van der Waals surface area contributed by atoms with Crippen LogP contribution in [0.25, 0.3) is 0 Å². The highest BCUT2D eigenvalue weighted by atomic mass is 79.9. The lowest BCUT2D eigenvalue weighted by molar-refractivity contribution is 0.308. The van der Waals surface area contributed by atoms with Crippen LogP contribution in [0.4, 0.5) is 5.69 Å². The molecule has 0 fully saturated rings. The van der Waals surface area contributed by atoms with Gasteiger partial charge in [0, 0.05) is 4.47 Å². The summed E-state index contributed by atoms with van der Waals surface area (Å²) >= 11 is 3.36. The van der Waals surface area contributed by atoms with E-state index in [1.165, 1.54) is 19.2 Å². The van der Waals surface area contributed by atoms with Crippen molar-refractivity contribution >= 4 is 31.6 Å². The Kier molecular flexibility index (Phi) is 4.87. The molecule has 0 heterocycles. The van der Waals surface area contributed by atoms with Crippen molar-refractivity contribution in [3.05, 3.63) is 52.5 Å². The van der Waals surface area contributed by atoms with Crippen LogP contribution in [0, 0.1) is 0 Å². The van der Waals surface area contributed by atoms with Crippen LogP contribution in [-0.2, 0) is 16.6 Å². The number of nitrogen functional groups attached to an aromatic ring is 1. The number of anilines is 1. The number of hydrogen-bond acceptors (Lipinski definition) is 4. The van der Waals surface area contributed by atoms with E-state index in [2.05, 4.69) is 20.7 Å². The second kappa shape index (κ2) is 6.46. The molecule has 112 valence electrons. The molecule has 2 rings (SSSR count). The molecule has 0 bridgehead atoms. The van der Waals surface area contributed by atoms with Crippen molar-refractivity contribution in [3.8, 4) is 5.75 Å². The van der Waals surface area contributed by atoms with E-state index in [4.69, 9.17) is 10.5 Å². The fraction of sp³-hybridized carbons (Fsp3) is 0.143. The fourth-order valence-electron chi connectivity index (χ4n) is 1.68. The van der Waals surface area contributed by atoms with E-state index < -0.39 is 10.0 Å². The van der Waals surface area contributed by atoms with Gasteiger partial charge in [-0.15, -0.1) is 0 Å². The lowest BCUT2D eigenvalue weighted by Crippen LogP contribution is -2.18. The van der Waals surface area contributed by atoms with Crippen molar-refractivity contribution in [1.82, 2.24) is 4.72 Å². The number of sulfonamides is 1. The van der Waals surface area contributed by atoms with Gasteiger partial charge in [0.15, 0.2) is 0 Å². The molecule has 5 nitrogen and oxygen atoms in total. The average Bonchev–Trinajstić information content (AvgIpc) is 2.47. The first-order valence-electron chi connectivity index (χ1n) is 6.12. The van der Waals surface area contributed by atoms with Gasteiger partial charge in [0.25, 0.3) is 0 Å². The first-order chi connectivity index (χ1) is 9.92. The van der Waals surface area contributed by atoms with Gasteiger partial charge in [-0.25, -0.2) is 13.1 Å². The predicted octanol–water partition coefficient (Wildman–Crippen LogP) is 2.52. The minimum absolute atomic E-state index is 0.110. The minimum atomic E-state index is -3.50. The average molecular weight is 371 g/mol. The highest BCUT2D eigenvalue weighted by Crippen LogP contribution is 2.25. The fourth-order valence-corrected chi connectivity index (χ4v) is 2.71. The normalized spacial score (nSPS) is 11.3. The van der Waals surface area contributed by atoms with Gasteiger partial charge in [0.1, 0.15) is 12.4 Å². The maximum absolute atomic E-state index is 11.7. The SMILES string of the molecule is CNS(=O)(=O)c1ccc(OCc2ccc(Br)cc2)c(N)c1. The third kappa shape index (κ3) is 3.96. The van der Waals surface area contributed by atoms with E-state index in [1.807, 2.05) is 24.3 Å². The highest BCUT2D eigenvalue weighted by Gasteiger charge is 2.13. The van der Waals surface area contributed by atoms with Crippen molar-refractivity contribution < 1.29 is 13.2 Å². The molecule has 0 saturated heterocycles. The number of hydrogen-bond donors (Lipinski definition) is 2. The number of nitrogens with two attached hydrogens (primary N) is 1. The largest absolute Gasteiger partial charge is 0.487 e. The summed E-state index contributed by atoms with van der Waals surface area (Å²) in [5.41, 5.74) is 7.11. The Labute approximate surface area is 132 Å². The number of halogens is 1.